The van der Waals surface area contributed by atoms with Gasteiger partial charge in [0.05, 0.1) is 28.5 Å². The molecule has 0 spiro atoms. The number of aromatic nitrogens is 5. The second kappa shape index (κ2) is 6.82. The first-order valence-electron chi connectivity index (χ1n) is 9.48. The summed E-state index contributed by atoms with van der Waals surface area (Å²) in [4.78, 5) is 20.5. The molecule has 1 fully saturated rings. The van der Waals surface area contributed by atoms with Crippen LogP contribution in [0.3, 0.4) is 0 Å². The van der Waals surface area contributed by atoms with E-state index in [1.165, 1.54) is 6.33 Å². The van der Waals surface area contributed by atoms with Crippen molar-refractivity contribution in [2.75, 3.05) is 17.2 Å². The van der Waals surface area contributed by atoms with Crippen molar-refractivity contribution in [2.24, 2.45) is 0 Å². The fourth-order valence-corrected chi connectivity index (χ4v) is 3.60. The predicted octanol–water partition coefficient (Wildman–Crippen LogP) is 3.66. The molecule has 1 atom stereocenters. The molecule has 4 aromatic rings. The van der Waals surface area contributed by atoms with Gasteiger partial charge >= 0.3 is 0 Å². The van der Waals surface area contributed by atoms with E-state index < -0.39 is 5.60 Å². The van der Waals surface area contributed by atoms with E-state index >= 15 is 0 Å². The second-order valence-corrected chi connectivity index (χ2v) is 7.91. The van der Waals surface area contributed by atoms with Gasteiger partial charge in [-0.3, -0.25) is 0 Å². The zero-order valence-corrected chi connectivity index (χ0v) is 16.5. The zero-order valence-electron chi connectivity index (χ0n) is 15.8. The number of imidazole rings is 1. The van der Waals surface area contributed by atoms with Gasteiger partial charge in [0.2, 0.25) is 0 Å². The average Bonchev–Trinajstić information content (AvgIpc) is 3.25. The number of pyridine rings is 1. The Morgan fingerprint density at radius 3 is 2.93 bits per heavy atom. The highest BCUT2D eigenvalue weighted by molar-refractivity contribution is 6.35. The molecule has 1 aromatic carbocycles. The van der Waals surface area contributed by atoms with E-state index in [4.69, 9.17) is 16.6 Å². The molecule has 4 N–H and O–H groups in total. The smallest absolute Gasteiger partial charge is 0.182 e. The van der Waals surface area contributed by atoms with Crippen molar-refractivity contribution in [3.63, 3.8) is 0 Å². The summed E-state index contributed by atoms with van der Waals surface area (Å²) in [7, 11) is 0. The van der Waals surface area contributed by atoms with E-state index in [2.05, 4.69) is 36.6 Å². The van der Waals surface area contributed by atoms with Crippen molar-refractivity contribution in [2.45, 2.75) is 31.4 Å². The van der Waals surface area contributed by atoms with Crippen molar-refractivity contribution in [1.29, 1.82) is 0 Å². The van der Waals surface area contributed by atoms with Crippen LogP contribution < -0.4 is 10.6 Å². The first kappa shape index (κ1) is 18.1. The summed E-state index contributed by atoms with van der Waals surface area (Å²) in [6.07, 6.45) is 4.68. The van der Waals surface area contributed by atoms with Crippen LogP contribution in [0.2, 0.25) is 5.02 Å². The van der Waals surface area contributed by atoms with E-state index in [0.717, 1.165) is 34.8 Å². The van der Waals surface area contributed by atoms with Crippen molar-refractivity contribution in [3.8, 4) is 0 Å². The molecule has 1 aliphatic carbocycles. The lowest BCUT2D eigenvalue weighted by Crippen LogP contribution is -2.22. The Morgan fingerprint density at radius 2 is 2.10 bits per heavy atom. The quantitative estimate of drug-likeness (QED) is 0.384. The van der Waals surface area contributed by atoms with E-state index in [9.17, 15) is 5.11 Å². The lowest BCUT2D eigenvalue weighted by Gasteiger charge is -2.21. The molecule has 3 aromatic heterocycles. The number of hydrogen-bond donors (Lipinski definition) is 4. The summed E-state index contributed by atoms with van der Waals surface area (Å²) < 4.78 is 0. The van der Waals surface area contributed by atoms with E-state index in [1.54, 1.807) is 6.33 Å². The van der Waals surface area contributed by atoms with Crippen LogP contribution in [0, 0.1) is 0 Å². The zero-order chi connectivity index (χ0) is 20.0. The summed E-state index contributed by atoms with van der Waals surface area (Å²) in [5.74, 6) is 1.36. The van der Waals surface area contributed by atoms with Gasteiger partial charge in [0.1, 0.15) is 17.7 Å². The van der Waals surface area contributed by atoms with Crippen LogP contribution in [0.15, 0.2) is 36.9 Å². The number of nitrogens with one attached hydrogen (secondary N) is 3. The molecule has 0 unspecified atom stereocenters. The Balaban J connectivity index is 1.53. The van der Waals surface area contributed by atoms with E-state index in [1.807, 2.05) is 25.1 Å². The number of para-hydroxylation sites is 1. The molecule has 0 bridgehead atoms. The maximum atomic E-state index is 10.3. The standard InChI is InChI=1S/C20H20ClN7O/c1-11(27-19-16-18(24-9-23-16)25-10-26-19)13-7-12-3-2-4-14(21)15(12)28-17(13)22-8-20(29)5-6-20/h2-4,7,9-11,29H,5-6,8H2,1H3,(H,22,28)(H2,23,24,25,26,27)/t11-/m0/s1. The molecule has 0 radical (unpaired) electrons. The Kier molecular flexibility index (Phi) is 4.25. The van der Waals surface area contributed by atoms with Gasteiger partial charge in [0.25, 0.3) is 0 Å². The van der Waals surface area contributed by atoms with Gasteiger partial charge in [-0.2, -0.15) is 0 Å². The number of fused-ring (bicyclic) bond motifs is 2. The lowest BCUT2D eigenvalue weighted by atomic mass is 10.1. The number of aliphatic hydroxyl groups is 1. The fraction of sp³-hybridized carbons (Fsp3) is 0.300. The summed E-state index contributed by atoms with van der Waals surface area (Å²) in [6.45, 7) is 2.49. The Morgan fingerprint density at radius 1 is 1.24 bits per heavy atom. The fourth-order valence-electron chi connectivity index (χ4n) is 3.38. The molecule has 8 nitrogen and oxygen atoms in total. The minimum atomic E-state index is -0.639. The first-order chi connectivity index (χ1) is 14.0. The largest absolute Gasteiger partial charge is 0.388 e. The maximum Gasteiger partial charge on any atom is 0.182 e. The highest BCUT2D eigenvalue weighted by Crippen LogP contribution is 2.36. The molecule has 9 heteroatoms. The third-order valence-electron chi connectivity index (χ3n) is 5.28. The van der Waals surface area contributed by atoms with E-state index in [0.29, 0.717) is 28.9 Å². The van der Waals surface area contributed by atoms with E-state index in [-0.39, 0.29) is 6.04 Å². The molecule has 3 heterocycles. The van der Waals surface area contributed by atoms with Crippen molar-refractivity contribution >= 4 is 45.3 Å². The highest BCUT2D eigenvalue weighted by Gasteiger charge is 2.40. The molecule has 1 saturated carbocycles. The van der Waals surface area contributed by atoms with Crippen LogP contribution in [-0.4, -0.2) is 42.2 Å². The number of nitrogens with zero attached hydrogens (tertiary/aromatic N) is 4. The van der Waals surface area contributed by atoms with Gasteiger partial charge in [-0.15, -0.1) is 0 Å². The van der Waals surface area contributed by atoms with Gasteiger partial charge in [0.15, 0.2) is 11.5 Å². The van der Waals surface area contributed by atoms with Crippen LogP contribution in [-0.2, 0) is 0 Å². The number of rotatable bonds is 6. The average molecular weight is 410 g/mol. The molecule has 29 heavy (non-hydrogen) atoms. The lowest BCUT2D eigenvalue weighted by molar-refractivity contribution is 0.164. The van der Waals surface area contributed by atoms with Gasteiger partial charge in [0, 0.05) is 17.5 Å². The number of halogens is 1. The molecule has 0 saturated heterocycles. The topological polar surface area (TPSA) is 112 Å². The predicted molar refractivity (Wildman–Crippen MR) is 113 cm³/mol. The minimum absolute atomic E-state index is 0.122. The van der Waals surface area contributed by atoms with Crippen molar-refractivity contribution in [1.82, 2.24) is 24.9 Å². The minimum Gasteiger partial charge on any atom is -0.388 e. The SMILES string of the molecule is C[C@H](Nc1ncnc2nc[nH]c12)c1cc2cccc(Cl)c2nc1NCC1(O)CC1. The third kappa shape index (κ3) is 3.45. The molecule has 148 valence electrons. The number of benzene rings is 1. The van der Waals surface area contributed by atoms with Crippen LogP contribution in [0.5, 0.6) is 0 Å². The summed E-state index contributed by atoms with van der Waals surface area (Å²) in [5.41, 5.74) is 2.40. The number of aromatic amines is 1. The summed E-state index contributed by atoms with van der Waals surface area (Å²) in [5, 5.41) is 18.5. The Hall–Kier alpha value is -2.97. The second-order valence-electron chi connectivity index (χ2n) is 7.51. The molecule has 0 amide bonds. The van der Waals surface area contributed by atoms with Crippen LogP contribution in [0.4, 0.5) is 11.6 Å². The molecule has 0 aliphatic heterocycles. The highest BCUT2D eigenvalue weighted by atomic mass is 35.5. The Bertz CT molecular complexity index is 1200. The molecule has 5 rings (SSSR count). The van der Waals surface area contributed by atoms with Crippen LogP contribution >= 0.6 is 11.6 Å². The molecule has 1 aliphatic rings. The van der Waals surface area contributed by atoms with Crippen molar-refractivity contribution < 1.29 is 5.11 Å². The maximum absolute atomic E-state index is 10.3. The molecular weight excluding hydrogens is 390 g/mol. The normalized spacial score (nSPS) is 16.1. The number of anilines is 2. The summed E-state index contributed by atoms with van der Waals surface area (Å²) >= 11 is 6.36. The number of H-pyrrole nitrogens is 1. The summed E-state index contributed by atoms with van der Waals surface area (Å²) in [6, 6.07) is 7.67. The van der Waals surface area contributed by atoms with Gasteiger partial charge < -0.3 is 20.7 Å². The molecular formula is C20H20ClN7O. The Labute approximate surface area is 171 Å². The first-order valence-corrected chi connectivity index (χ1v) is 9.86. The van der Waals surface area contributed by atoms with Gasteiger partial charge in [-0.25, -0.2) is 19.9 Å². The third-order valence-corrected chi connectivity index (χ3v) is 5.59. The van der Waals surface area contributed by atoms with Gasteiger partial charge in [-0.1, -0.05) is 23.7 Å². The number of hydrogen-bond acceptors (Lipinski definition) is 7. The van der Waals surface area contributed by atoms with Crippen LogP contribution in [0.1, 0.15) is 31.4 Å². The van der Waals surface area contributed by atoms with Crippen molar-refractivity contribution in [3.05, 3.63) is 47.5 Å². The van der Waals surface area contributed by atoms with Gasteiger partial charge in [-0.05, 0) is 31.9 Å². The monoisotopic (exact) mass is 409 g/mol. The van der Waals surface area contributed by atoms with Crippen LogP contribution in [0.25, 0.3) is 22.1 Å².